The molecule has 3 aromatic rings. The molecule has 0 aliphatic carbocycles. The van der Waals surface area contributed by atoms with E-state index in [0.717, 1.165) is 5.56 Å². The molecule has 22 heavy (non-hydrogen) atoms. The molecule has 0 fully saturated rings. The van der Waals surface area contributed by atoms with E-state index in [1.54, 1.807) is 30.1 Å². The predicted molar refractivity (Wildman–Crippen MR) is 79.5 cm³/mol. The minimum absolute atomic E-state index is 0.240. The molecule has 2 aromatic heterocycles. The van der Waals surface area contributed by atoms with Crippen LogP contribution in [-0.4, -0.2) is 25.7 Å². The highest BCUT2D eigenvalue weighted by molar-refractivity contribution is 5.89. The highest BCUT2D eigenvalue weighted by Crippen LogP contribution is 2.08. The van der Waals surface area contributed by atoms with Gasteiger partial charge in [0.25, 0.3) is 0 Å². The molecule has 0 radical (unpaired) electrons. The monoisotopic (exact) mass is 294 g/mol. The number of ether oxygens (including phenoxy) is 1. The van der Waals surface area contributed by atoms with Gasteiger partial charge in [-0.25, -0.2) is 19.4 Å². The standard InChI is InChI=1S/C16H14N4O2/c1-12-18-11-20(19-12)15-8-7-14(9-17-15)16(21)22-10-13-5-3-2-4-6-13/h2-9,11H,10H2,1H3. The maximum Gasteiger partial charge on any atom is 0.340 e. The van der Waals surface area contributed by atoms with Gasteiger partial charge in [-0.05, 0) is 24.6 Å². The van der Waals surface area contributed by atoms with Crippen LogP contribution in [0.5, 0.6) is 0 Å². The molecule has 0 saturated carbocycles. The first-order chi connectivity index (χ1) is 10.7. The number of nitrogens with zero attached hydrogens (tertiary/aromatic N) is 4. The van der Waals surface area contributed by atoms with Gasteiger partial charge in [0.15, 0.2) is 5.82 Å². The van der Waals surface area contributed by atoms with Gasteiger partial charge in [-0.3, -0.25) is 0 Å². The van der Waals surface area contributed by atoms with E-state index in [0.29, 0.717) is 17.2 Å². The molecule has 0 unspecified atom stereocenters. The molecule has 0 saturated heterocycles. The van der Waals surface area contributed by atoms with E-state index in [1.807, 2.05) is 30.3 Å². The zero-order valence-corrected chi connectivity index (χ0v) is 12.0. The molecular weight excluding hydrogens is 280 g/mol. The highest BCUT2D eigenvalue weighted by atomic mass is 16.5. The topological polar surface area (TPSA) is 69.9 Å². The first kappa shape index (κ1) is 13.9. The normalized spacial score (nSPS) is 10.4. The summed E-state index contributed by atoms with van der Waals surface area (Å²) < 4.78 is 6.80. The van der Waals surface area contributed by atoms with Crippen molar-refractivity contribution < 1.29 is 9.53 Å². The molecule has 6 nitrogen and oxygen atoms in total. The van der Waals surface area contributed by atoms with Crippen molar-refractivity contribution in [3.63, 3.8) is 0 Å². The van der Waals surface area contributed by atoms with E-state index in [4.69, 9.17) is 4.74 Å². The van der Waals surface area contributed by atoms with Crippen molar-refractivity contribution in [1.82, 2.24) is 19.7 Å². The number of hydrogen-bond acceptors (Lipinski definition) is 5. The fourth-order valence-corrected chi connectivity index (χ4v) is 1.90. The Hall–Kier alpha value is -3.02. The molecule has 110 valence electrons. The van der Waals surface area contributed by atoms with E-state index in [2.05, 4.69) is 15.1 Å². The van der Waals surface area contributed by atoms with Crippen LogP contribution in [0.1, 0.15) is 21.7 Å². The lowest BCUT2D eigenvalue weighted by atomic mass is 10.2. The largest absolute Gasteiger partial charge is 0.457 e. The number of rotatable bonds is 4. The second kappa shape index (κ2) is 6.17. The Morgan fingerprint density at radius 3 is 2.59 bits per heavy atom. The van der Waals surface area contributed by atoms with Gasteiger partial charge in [0.05, 0.1) is 5.56 Å². The summed E-state index contributed by atoms with van der Waals surface area (Å²) in [5.74, 6) is 0.853. The summed E-state index contributed by atoms with van der Waals surface area (Å²) in [5.41, 5.74) is 1.34. The number of aromatic nitrogens is 4. The van der Waals surface area contributed by atoms with Crippen LogP contribution in [0.2, 0.25) is 0 Å². The van der Waals surface area contributed by atoms with Gasteiger partial charge in [0.2, 0.25) is 0 Å². The van der Waals surface area contributed by atoms with Crippen molar-refractivity contribution in [3.05, 3.63) is 71.9 Å². The summed E-state index contributed by atoms with van der Waals surface area (Å²) in [6, 6.07) is 12.9. The van der Waals surface area contributed by atoms with Crippen LogP contribution in [-0.2, 0) is 11.3 Å². The number of pyridine rings is 1. The van der Waals surface area contributed by atoms with Crippen LogP contribution in [0.3, 0.4) is 0 Å². The lowest BCUT2D eigenvalue weighted by Gasteiger charge is -2.05. The van der Waals surface area contributed by atoms with Gasteiger partial charge < -0.3 is 4.74 Å². The number of aryl methyl sites for hydroxylation is 1. The SMILES string of the molecule is Cc1ncn(-c2ccc(C(=O)OCc3ccccc3)cn2)n1. The first-order valence-corrected chi connectivity index (χ1v) is 6.78. The quantitative estimate of drug-likeness (QED) is 0.691. The summed E-state index contributed by atoms with van der Waals surface area (Å²) >= 11 is 0. The number of hydrogen-bond donors (Lipinski definition) is 0. The molecule has 0 spiro atoms. The number of benzene rings is 1. The minimum atomic E-state index is -0.405. The van der Waals surface area contributed by atoms with Gasteiger partial charge in [-0.1, -0.05) is 30.3 Å². The minimum Gasteiger partial charge on any atom is -0.457 e. The van der Waals surface area contributed by atoms with Gasteiger partial charge in [0.1, 0.15) is 18.8 Å². The Kier molecular flexibility index (Phi) is 3.91. The average molecular weight is 294 g/mol. The van der Waals surface area contributed by atoms with Crippen LogP contribution in [0.25, 0.3) is 5.82 Å². The smallest absolute Gasteiger partial charge is 0.340 e. The molecular formula is C16H14N4O2. The Morgan fingerprint density at radius 2 is 1.95 bits per heavy atom. The average Bonchev–Trinajstić information content (AvgIpc) is 3.00. The predicted octanol–water partition coefficient (Wildman–Crippen LogP) is 2.33. The molecule has 2 heterocycles. The third-order valence-corrected chi connectivity index (χ3v) is 3.04. The van der Waals surface area contributed by atoms with Crippen LogP contribution < -0.4 is 0 Å². The number of carbonyl (C=O) groups excluding carboxylic acids is 1. The van der Waals surface area contributed by atoms with Crippen molar-refractivity contribution in [2.75, 3.05) is 0 Å². The van der Waals surface area contributed by atoms with E-state index in [-0.39, 0.29) is 6.61 Å². The Balaban J connectivity index is 1.66. The zero-order chi connectivity index (χ0) is 15.4. The van der Waals surface area contributed by atoms with Crippen molar-refractivity contribution in [2.24, 2.45) is 0 Å². The van der Waals surface area contributed by atoms with Gasteiger partial charge in [0, 0.05) is 6.20 Å². The first-order valence-electron chi connectivity index (χ1n) is 6.78. The maximum atomic E-state index is 12.0. The molecule has 0 N–H and O–H groups in total. The zero-order valence-electron chi connectivity index (χ0n) is 12.0. The summed E-state index contributed by atoms with van der Waals surface area (Å²) in [7, 11) is 0. The molecule has 0 aliphatic rings. The summed E-state index contributed by atoms with van der Waals surface area (Å²) in [6.45, 7) is 2.04. The van der Waals surface area contributed by atoms with E-state index in [1.165, 1.54) is 6.20 Å². The molecule has 0 amide bonds. The van der Waals surface area contributed by atoms with Crippen molar-refractivity contribution in [1.29, 1.82) is 0 Å². The molecule has 0 bridgehead atoms. The van der Waals surface area contributed by atoms with Gasteiger partial charge >= 0.3 is 5.97 Å². The molecule has 3 rings (SSSR count). The highest BCUT2D eigenvalue weighted by Gasteiger charge is 2.09. The van der Waals surface area contributed by atoms with Gasteiger partial charge in [-0.2, -0.15) is 5.10 Å². The fraction of sp³-hybridized carbons (Fsp3) is 0.125. The Labute approximate surface area is 127 Å². The van der Waals surface area contributed by atoms with Gasteiger partial charge in [-0.15, -0.1) is 0 Å². The van der Waals surface area contributed by atoms with Crippen molar-refractivity contribution in [2.45, 2.75) is 13.5 Å². The van der Waals surface area contributed by atoms with E-state index >= 15 is 0 Å². The number of esters is 1. The summed E-state index contributed by atoms with van der Waals surface area (Å²) in [4.78, 5) is 20.2. The number of carbonyl (C=O) groups is 1. The molecule has 0 aliphatic heterocycles. The molecule has 6 heteroatoms. The van der Waals surface area contributed by atoms with E-state index < -0.39 is 5.97 Å². The van der Waals surface area contributed by atoms with E-state index in [9.17, 15) is 4.79 Å². The fourth-order valence-electron chi connectivity index (χ4n) is 1.90. The Morgan fingerprint density at radius 1 is 1.14 bits per heavy atom. The third-order valence-electron chi connectivity index (χ3n) is 3.04. The lowest BCUT2D eigenvalue weighted by Crippen LogP contribution is -2.07. The summed E-state index contributed by atoms with van der Waals surface area (Å²) in [6.07, 6.45) is 3.05. The molecule has 0 atom stereocenters. The van der Waals surface area contributed by atoms with Crippen molar-refractivity contribution >= 4 is 5.97 Å². The van der Waals surface area contributed by atoms with Crippen LogP contribution in [0, 0.1) is 6.92 Å². The second-order valence-electron chi connectivity index (χ2n) is 4.70. The maximum absolute atomic E-state index is 12.0. The van der Waals surface area contributed by atoms with Crippen molar-refractivity contribution in [3.8, 4) is 5.82 Å². The Bertz CT molecular complexity index is 766. The third kappa shape index (κ3) is 3.17. The summed E-state index contributed by atoms with van der Waals surface area (Å²) in [5, 5.41) is 4.16. The molecule has 1 aromatic carbocycles. The lowest BCUT2D eigenvalue weighted by molar-refractivity contribution is 0.0472. The second-order valence-corrected chi connectivity index (χ2v) is 4.70. The van der Waals surface area contributed by atoms with Crippen LogP contribution in [0.4, 0.5) is 0 Å². The van der Waals surface area contributed by atoms with Crippen LogP contribution >= 0.6 is 0 Å². The van der Waals surface area contributed by atoms with Crippen LogP contribution in [0.15, 0.2) is 55.0 Å².